The van der Waals surface area contributed by atoms with Crippen LogP contribution < -0.4 is 35.3 Å². The lowest BCUT2D eigenvalue weighted by Crippen LogP contribution is -2.70. The van der Waals surface area contributed by atoms with Gasteiger partial charge in [0, 0.05) is 43.8 Å². The van der Waals surface area contributed by atoms with E-state index in [4.69, 9.17) is 39.3 Å². The van der Waals surface area contributed by atoms with Crippen molar-refractivity contribution in [2.24, 2.45) is 10.7 Å². The van der Waals surface area contributed by atoms with Crippen LogP contribution in [-0.4, -0.2) is 135 Å². The van der Waals surface area contributed by atoms with E-state index in [1.54, 1.807) is 6.92 Å². The first-order chi connectivity index (χ1) is 28.3. The van der Waals surface area contributed by atoms with Crippen molar-refractivity contribution in [1.29, 1.82) is 0 Å². The summed E-state index contributed by atoms with van der Waals surface area (Å²) in [5, 5.41) is 92.2. The number of carbonyl (C=O) groups excluding carboxylic acids is 1. The van der Waals surface area contributed by atoms with Crippen molar-refractivity contribution < 1.29 is 78.9 Å². The van der Waals surface area contributed by atoms with Gasteiger partial charge in [-0.3, -0.25) is 0 Å². The first kappa shape index (κ1) is 44.3. The van der Waals surface area contributed by atoms with Crippen molar-refractivity contribution in [3.8, 4) is 34.5 Å². The van der Waals surface area contributed by atoms with E-state index in [9.17, 15) is 45.3 Å². The standard InChI is InChI=1S/C39H50N4O16/c1-3-41-23-18-25(24(17-22(23)34(50)51)56-19-43-38(40)42-14-7-8-15-44)57-36-29(47)28(46)33(49)39(59-36)13-11-21-26(35(52)58-37(39)53)27(45)32(30(48)31(21)54-2)55-16-12-20-9-5-4-6-10-20/h4-6,9-10,17-18,28-29,33,36-37,41,44-49,53H,3,7-8,11-16,19H2,1-2H3,(H,50,51)(H3,40,42,43)/t28-,29-,33+,36+,37-,39+/m1/s1. The molecule has 1 spiro atoms. The number of nitrogens with zero attached hydrogens (tertiary/aromatic N) is 1. The Bertz CT molecular complexity index is 1970. The minimum Gasteiger partial charge on any atom is -0.504 e. The van der Waals surface area contributed by atoms with Crippen molar-refractivity contribution in [2.45, 2.75) is 75.5 Å². The number of aliphatic hydroxyl groups excluding tert-OH is 5. The molecule has 1 saturated heterocycles. The number of fused-ring (bicyclic) bond motifs is 1. The molecule has 59 heavy (non-hydrogen) atoms. The summed E-state index contributed by atoms with van der Waals surface area (Å²) < 4.78 is 34.3. The zero-order chi connectivity index (χ0) is 42.9. The third-order valence-electron chi connectivity index (χ3n) is 9.81. The molecule has 0 aromatic heterocycles. The van der Waals surface area contributed by atoms with Crippen molar-refractivity contribution in [3.63, 3.8) is 0 Å². The minimum absolute atomic E-state index is 0.00462. The Labute approximate surface area is 338 Å². The van der Waals surface area contributed by atoms with Gasteiger partial charge in [-0.15, -0.1) is 0 Å². The van der Waals surface area contributed by atoms with Gasteiger partial charge in [0.15, 0.2) is 41.3 Å². The zero-order valence-corrected chi connectivity index (χ0v) is 32.4. The predicted octanol–water partition coefficient (Wildman–Crippen LogP) is 0.549. The maximum Gasteiger partial charge on any atom is 0.344 e. The Hall–Kier alpha value is -5.77. The number of benzene rings is 3. The second kappa shape index (κ2) is 19.8. The van der Waals surface area contributed by atoms with E-state index in [0.717, 1.165) is 11.6 Å². The van der Waals surface area contributed by atoms with Crippen LogP contribution in [0.3, 0.4) is 0 Å². The molecule has 0 saturated carbocycles. The highest BCUT2D eigenvalue weighted by molar-refractivity contribution is 5.97. The highest BCUT2D eigenvalue weighted by atomic mass is 16.7. The van der Waals surface area contributed by atoms with Gasteiger partial charge in [-0.05, 0) is 38.2 Å². The quantitative estimate of drug-likeness (QED) is 0.0383. The molecule has 322 valence electrons. The number of nitrogens with two attached hydrogens (primary N) is 1. The van der Waals surface area contributed by atoms with Gasteiger partial charge >= 0.3 is 11.9 Å². The Morgan fingerprint density at radius 2 is 1.76 bits per heavy atom. The fraction of sp³-hybridized carbons (Fsp3) is 0.462. The van der Waals surface area contributed by atoms with Gasteiger partial charge in [-0.1, -0.05) is 30.3 Å². The number of aromatic carboxylic acids is 1. The molecule has 3 aromatic carbocycles. The molecule has 5 rings (SSSR count). The summed E-state index contributed by atoms with van der Waals surface area (Å²) in [7, 11) is 1.19. The summed E-state index contributed by atoms with van der Waals surface area (Å²) in [5.74, 6) is -5.42. The number of carboxylic acids is 1. The lowest BCUT2D eigenvalue weighted by molar-refractivity contribution is -0.357. The molecule has 0 radical (unpaired) electrons. The van der Waals surface area contributed by atoms with Gasteiger partial charge in [0.25, 0.3) is 0 Å². The molecule has 2 heterocycles. The third-order valence-corrected chi connectivity index (χ3v) is 9.81. The van der Waals surface area contributed by atoms with Crippen molar-refractivity contribution in [1.82, 2.24) is 5.32 Å². The van der Waals surface area contributed by atoms with Crippen LogP contribution in [0.5, 0.6) is 34.5 Å². The number of methoxy groups -OCH3 is 1. The molecule has 2 aliphatic rings. The highest BCUT2D eigenvalue weighted by Crippen LogP contribution is 2.51. The first-order valence-corrected chi connectivity index (χ1v) is 18.8. The predicted molar refractivity (Wildman–Crippen MR) is 207 cm³/mol. The molecule has 6 atom stereocenters. The number of aromatic hydroxyl groups is 2. The highest BCUT2D eigenvalue weighted by Gasteiger charge is 2.60. The Kier molecular flexibility index (Phi) is 14.9. The second-order valence-electron chi connectivity index (χ2n) is 13.6. The largest absolute Gasteiger partial charge is 0.504 e. The smallest absolute Gasteiger partial charge is 0.344 e. The Morgan fingerprint density at radius 3 is 2.44 bits per heavy atom. The van der Waals surface area contributed by atoms with E-state index in [1.807, 2.05) is 30.3 Å². The molecule has 3 aromatic rings. The normalized spacial score (nSPS) is 23.0. The number of esters is 1. The summed E-state index contributed by atoms with van der Waals surface area (Å²) in [4.78, 5) is 30.0. The van der Waals surface area contributed by atoms with Gasteiger partial charge in [0.1, 0.15) is 23.9 Å². The summed E-state index contributed by atoms with van der Waals surface area (Å²) in [6.45, 7) is 1.91. The van der Waals surface area contributed by atoms with Crippen molar-refractivity contribution in [3.05, 3.63) is 64.7 Å². The molecule has 0 amide bonds. The maximum atomic E-state index is 13.7. The monoisotopic (exact) mass is 830 g/mol. The third kappa shape index (κ3) is 9.75. The molecule has 1 fully saturated rings. The molecule has 20 heteroatoms. The Balaban J connectivity index is 1.46. The molecule has 2 aliphatic heterocycles. The maximum absolute atomic E-state index is 13.7. The van der Waals surface area contributed by atoms with Crippen LogP contribution in [0.15, 0.2) is 47.5 Å². The fourth-order valence-corrected chi connectivity index (χ4v) is 6.74. The van der Waals surface area contributed by atoms with E-state index < -0.39 is 84.4 Å². The molecule has 20 nitrogen and oxygen atoms in total. The van der Waals surface area contributed by atoms with Crippen molar-refractivity contribution in [2.75, 3.05) is 45.5 Å². The first-order valence-electron chi connectivity index (χ1n) is 18.8. The van der Waals surface area contributed by atoms with E-state index in [-0.39, 0.29) is 66.2 Å². The summed E-state index contributed by atoms with van der Waals surface area (Å²) >= 11 is 0. The number of aliphatic hydroxyl groups is 5. The van der Waals surface area contributed by atoms with Crippen LogP contribution in [-0.2, 0) is 22.3 Å². The fourth-order valence-electron chi connectivity index (χ4n) is 6.74. The molecule has 0 bridgehead atoms. The van der Waals surface area contributed by atoms with Gasteiger partial charge in [0.05, 0.1) is 25.0 Å². The molecule has 12 N–H and O–H groups in total. The molecule has 0 aliphatic carbocycles. The number of carboxylic acid groups (broad SMARTS) is 1. The van der Waals surface area contributed by atoms with Gasteiger partial charge < -0.3 is 85.6 Å². The van der Waals surface area contributed by atoms with Crippen LogP contribution in [0.4, 0.5) is 5.69 Å². The SMILES string of the molecule is CCNc1cc(O[C@H]2O[C@@]3(CCc4c(OC)c(O)c(OCCc5ccccc5)c(O)c4C(=O)O[C@H]3O)[C@@H](O)[C@H](O)[C@H]2O)c(OCN=C(N)NCCCCO)cc1C(=O)O. The summed E-state index contributed by atoms with van der Waals surface area (Å²) in [6, 6.07) is 11.5. The summed E-state index contributed by atoms with van der Waals surface area (Å²) in [5.41, 5.74) is 3.53. The lowest BCUT2D eigenvalue weighted by atomic mass is 9.80. The number of anilines is 1. The minimum atomic E-state index is -2.44. The van der Waals surface area contributed by atoms with Crippen molar-refractivity contribution >= 4 is 23.6 Å². The number of carbonyl (C=O) groups is 2. The number of hydrogen-bond donors (Lipinski definition) is 11. The van der Waals surface area contributed by atoms with Crippen LogP contribution >= 0.6 is 0 Å². The number of phenolic OH excluding ortho intramolecular Hbond substituents is 2. The van der Waals surface area contributed by atoms with Crippen LogP contribution in [0, 0.1) is 0 Å². The number of phenols is 2. The number of nitrogens with one attached hydrogen (secondary N) is 2. The number of guanidine groups is 1. The topological polar surface area (TPSA) is 314 Å². The van der Waals surface area contributed by atoms with Crippen LogP contribution in [0.1, 0.15) is 58.0 Å². The molecular weight excluding hydrogens is 780 g/mol. The number of rotatable bonds is 17. The number of aliphatic imine (C=N–C) groups is 1. The second-order valence-corrected chi connectivity index (χ2v) is 13.6. The van der Waals surface area contributed by atoms with Gasteiger partial charge in [-0.25, -0.2) is 14.6 Å². The van der Waals surface area contributed by atoms with E-state index >= 15 is 0 Å². The number of unbranched alkanes of at least 4 members (excludes halogenated alkanes) is 1. The van der Waals surface area contributed by atoms with Crippen LogP contribution in [0.25, 0.3) is 0 Å². The lowest BCUT2D eigenvalue weighted by Gasteiger charge is -2.50. The molecular formula is C39H50N4O16. The zero-order valence-electron chi connectivity index (χ0n) is 32.4. The van der Waals surface area contributed by atoms with E-state index in [2.05, 4.69) is 15.6 Å². The number of hydrogen-bond acceptors (Lipinski definition) is 17. The number of ether oxygens (including phenoxy) is 6. The average Bonchev–Trinajstić information content (AvgIpc) is 3.21. The average molecular weight is 831 g/mol. The molecule has 0 unspecified atom stereocenters. The summed E-state index contributed by atoms with van der Waals surface area (Å²) in [6.07, 6.45) is -9.97. The van der Waals surface area contributed by atoms with Crippen LogP contribution in [0.2, 0.25) is 0 Å². The van der Waals surface area contributed by atoms with E-state index in [1.165, 1.54) is 13.2 Å². The Morgan fingerprint density at radius 1 is 1.02 bits per heavy atom. The van der Waals surface area contributed by atoms with Gasteiger partial charge in [-0.2, -0.15) is 0 Å². The number of cyclic esters (lactones) is 1. The van der Waals surface area contributed by atoms with Gasteiger partial charge in [0.2, 0.25) is 24.1 Å². The van der Waals surface area contributed by atoms with E-state index in [0.29, 0.717) is 25.8 Å².